The minimum atomic E-state index is -0.590. The van der Waals surface area contributed by atoms with Crippen molar-refractivity contribution in [2.45, 2.75) is 13.5 Å². The van der Waals surface area contributed by atoms with Gasteiger partial charge in [-0.1, -0.05) is 23.7 Å². The van der Waals surface area contributed by atoms with Gasteiger partial charge in [0.15, 0.2) is 10.9 Å². The lowest BCUT2D eigenvalue weighted by molar-refractivity contribution is 0.0601. The highest BCUT2D eigenvalue weighted by Crippen LogP contribution is 2.34. The van der Waals surface area contributed by atoms with E-state index in [0.717, 1.165) is 16.9 Å². The van der Waals surface area contributed by atoms with Gasteiger partial charge in [0.2, 0.25) is 0 Å². The number of rotatable bonds is 6. The number of carbonyl (C=O) groups excluding carboxylic acids is 2. The highest BCUT2D eigenvalue weighted by molar-refractivity contribution is 9.10. The molecule has 2 N–H and O–H groups in total. The second-order valence-electron chi connectivity index (χ2n) is 6.47. The maximum Gasteiger partial charge on any atom is 0.348 e. The Morgan fingerprint density at radius 1 is 1.19 bits per heavy atom. The van der Waals surface area contributed by atoms with Crippen LogP contribution in [0.4, 0.5) is 10.8 Å². The zero-order valence-electron chi connectivity index (χ0n) is 17.2. The molecule has 0 spiro atoms. The monoisotopic (exact) mass is 556 g/mol. The molecule has 168 valence electrons. The topological polar surface area (TPSA) is 94.5 Å². The lowest BCUT2D eigenvalue weighted by Gasteiger charge is -2.09. The SMILES string of the molecule is COC(=O)c1sc(NC(=S)Nc2nn(Cc3ccc(Cl)cc3)cc2Br)c(C(=O)OC)c1C. The standard InChI is InChI=1S/C20H18BrClN4O4S2/c1-10-14(18(27)29-2)17(32-15(10)19(28)30-3)24-20(31)23-16-13(21)9-26(25-16)8-11-4-6-12(22)7-5-11/h4-7,9H,8H2,1-3H3,(H2,23,24,25,31). The molecular formula is C20H18BrClN4O4S2. The summed E-state index contributed by atoms with van der Waals surface area (Å²) in [6.45, 7) is 2.18. The fourth-order valence-electron chi connectivity index (χ4n) is 2.82. The molecule has 0 aliphatic heterocycles. The predicted molar refractivity (Wildman–Crippen MR) is 132 cm³/mol. The third kappa shape index (κ3) is 5.47. The van der Waals surface area contributed by atoms with Crippen molar-refractivity contribution in [3.05, 3.63) is 61.5 Å². The van der Waals surface area contributed by atoms with Gasteiger partial charge in [-0.05, 0) is 58.3 Å². The third-order valence-electron chi connectivity index (χ3n) is 4.34. The summed E-state index contributed by atoms with van der Waals surface area (Å²) >= 11 is 15.8. The fourth-order valence-corrected chi connectivity index (χ4v) is 4.74. The van der Waals surface area contributed by atoms with E-state index in [1.165, 1.54) is 14.2 Å². The van der Waals surface area contributed by atoms with Gasteiger partial charge in [-0.25, -0.2) is 9.59 Å². The minimum absolute atomic E-state index is 0.185. The molecule has 1 aromatic carbocycles. The number of thiophene rings is 1. The Bertz CT molecular complexity index is 1180. The summed E-state index contributed by atoms with van der Waals surface area (Å²) in [7, 11) is 2.54. The van der Waals surface area contributed by atoms with Crippen LogP contribution in [0.5, 0.6) is 0 Å². The highest BCUT2D eigenvalue weighted by atomic mass is 79.9. The second kappa shape index (κ2) is 10.4. The van der Waals surface area contributed by atoms with Gasteiger partial charge in [-0.2, -0.15) is 5.10 Å². The van der Waals surface area contributed by atoms with E-state index < -0.39 is 11.9 Å². The van der Waals surface area contributed by atoms with Crippen LogP contribution < -0.4 is 10.6 Å². The van der Waals surface area contributed by atoms with Gasteiger partial charge >= 0.3 is 11.9 Å². The fraction of sp³-hybridized carbons (Fsp3) is 0.200. The molecule has 0 radical (unpaired) electrons. The van der Waals surface area contributed by atoms with Crippen molar-refractivity contribution in [2.75, 3.05) is 24.9 Å². The van der Waals surface area contributed by atoms with Crippen LogP contribution in [0.15, 0.2) is 34.9 Å². The van der Waals surface area contributed by atoms with Gasteiger partial charge in [0.25, 0.3) is 0 Å². The average Bonchev–Trinajstić information content (AvgIpc) is 3.27. The molecule has 0 saturated carbocycles. The van der Waals surface area contributed by atoms with Crippen molar-refractivity contribution in [1.29, 1.82) is 0 Å². The van der Waals surface area contributed by atoms with Gasteiger partial charge in [0.05, 0.1) is 30.8 Å². The Kier molecular flexibility index (Phi) is 7.88. The number of nitrogens with zero attached hydrogens (tertiary/aromatic N) is 2. The molecule has 2 aromatic heterocycles. The smallest absolute Gasteiger partial charge is 0.348 e. The summed E-state index contributed by atoms with van der Waals surface area (Å²) in [5, 5.41) is 11.6. The Balaban J connectivity index is 1.77. The number of nitrogens with one attached hydrogen (secondary N) is 2. The number of esters is 2. The van der Waals surface area contributed by atoms with Gasteiger partial charge in [0, 0.05) is 11.2 Å². The number of halogens is 2. The lowest BCUT2D eigenvalue weighted by Crippen LogP contribution is -2.20. The summed E-state index contributed by atoms with van der Waals surface area (Å²) in [6.07, 6.45) is 1.81. The molecule has 8 nitrogen and oxygen atoms in total. The number of methoxy groups -OCH3 is 2. The molecule has 0 fully saturated rings. The summed E-state index contributed by atoms with van der Waals surface area (Å²) in [6, 6.07) is 7.48. The summed E-state index contributed by atoms with van der Waals surface area (Å²) in [4.78, 5) is 24.6. The van der Waals surface area contributed by atoms with Crippen molar-refractivity contribution in [3.63, 3.8) is 0 Å². The Hall–Kier alpha value is -2.47. The Morgan fingerprint density at radius 2 is 1.84 bits per heavy atom. The Labute approximate surface area is 207 Å². The van der Waals surface area contributed by atoms with E-state index in [4.69, 9.17) is 33.3 Å². The molecule has 32 heavy (non-hydrogen) atoms. The number of anilines is 2. The molecule has 12 heteroatoms. The number of thiocarbonyl (C=S) groups is 1. The van der Waals surface area contributed by atoms with Crippen molar-refractivity contribution in [2.24, 2.45) is 0 Å². The molecule has 3 rings (SSSR count). The highest BCUT2D eigenvalue weighted by Gasteiger charge is 2.26. The van der Waals surface area contributed by atoms with E-state index in [1.807, 2.05) is 30.5 Å². The van der Waals surface area contributed by atoms with Gasteiger partial charge in [0.1, 0.15) is 9.88 Å². The third-order valence-corrected chi connectivity index (χ3v) is 6.56. The normalized spacial score (nSPS) is 10.5. The van der Waals surface area contributed by atoms with Crippen LogP contribution in [0.2, 0.25) is 5.02 Å². The molecule has 0 bridgehead atoms. The van der Waals surface area contributed by atoms with E-state index >= 15 is 0 Å². The first-order valence-corrected chi connectivity index (χ1v) is 11.5. The van der Waals surface area contributed by atoms with Crippen LogP contribution >= 0.6 is 51.1 Å². The first kappa shape index (κ1) is 24.2. The lowest BCUT2D eigenvalue weighted by atomic mass is 10.1. The zero-order chi connectivity index (χ0) is 23.4. The van der Waals surface area contributed by atoms with Crippen molar-refractivity contribution in [3.8, 4) is 0 Å². The van der Waals surface area contributed by atoms with E-state index in [1.54, 1.807) is 11.6 Å². The van der Waals surface area contributed by atoms with E-state index in [2.05, 4.69) is 31.7 Å². The molecule has 0 aliphatic rings. The molecule has 0 saturated heterocycles. The van der Waals surface area contributed by atoms with E-state index in [-0.39, 0.29) is 15.6 Å². The molecule has 0 aliphatic carbocycles. The maximum absolute atomic E-state index is 12.3. The minimum Gasteiger partial charge on any atom is -0.465 e. The van der Waals surface area contributed by atoms with Crippen molar-refractivity contribution in [1.82, 2.24) is 9.78 Å². The summed E-state index contributed by atoms with van der Waals surface area (Å²) < 4.78 is 12.1. The second-order valence-corrected chi connectivity index (χ2v) is 9.19. The number of benzene rings is 1. The summed E-state index contributed by atoms with van der Waals surface area (Å²) in [5.41, 5.74) is 1.70. The number of ether oxygens (including phenoxy) is 2. The molecule has 2 heterocycles. The summed E-state index contributed by atoms with van der Waals surface area (Å²) in [5.74, 6) is -0.654. The predicted octanol–water partition coefficient (Wildman–Crippen LogP) is 5.10. The van der Waals surface area contributed by atoms with Crippen LogP contribution in [0, 0.1) is 6.92 Å². The number of aromatic nitrogens is 2. The molecule has 3 aromatic rings. The number of carbonyl (C=O) groups is 2. The van der Waals surface area contributed by atoms with Crippen LogP contribution in [0.25, 0.3) is 0 Å². The maximum atomic E-state index is 12.3. The Morgan fingerprint density at radius 3 is 2.47 bits per heavy atom. The first-order valence-electron chi connectivity index (χ1n) is 9.08. The largest absolute Gasteiger partial charge is 0.465 e. The van der Waals surface area contributed by atoms with Crippen molar-refractivity contribution >= 4 is 79.0 Å². The average molecular weight is 558 g/mol. The van der Waals surface area contributed by atoms with Crippen LogP contribution in [-0.4, -0.2) is 41.1 Å². The van der Waals surface area contributed by atoms with E-state index in [0.29, 0.717) is 32.4 Å². The van der Waals surface area contributed by atoms with Crippen molar-refractivity contribution < 1.29 is 19.1 Å². The zero-order valence-corrected chi connectivity index (χ0v) is 21.2. The van der Waals surface area contributed by atoms with Crippen LogP contribution in [0.1, 0.15) is 31.2 Å². The van der Waals surface area contributed by atoms with Gasteiger partial charge in [-0.3, -0.25) is 4.68 Å². The molecule has 0 atom stereocenters. The van der Waals surface area contributed by atoms with Crippen LogP contribution in [-0.2, 0) is 16.0 Å². The van der Waals surface area contributed by atoms with Gasteiger partial charge in [-0.15, -0.1) is 11.3 Å². The van der Waals surface area contributed by atoms with Gasteiger partial charge < -0.3 is 20.1 Å². The molecule has 0 unspecified atom stereocenters. The van der Waals surface area contributed by atoms with Crippen LogP contribution in [0.3, 0.4) is 0 Å². The quantitative estimate of drug-likeness (QED) is 0.319. The molecule has 0 amide bonds. The number of hydrogen-bond acceptors (Lipinski definition) is 7. The molecular weight excluding hydrogens is 540 g/mol. The first-order chi connectivity index (χ1) is 15.2. The number of hydrogen-bond donors (Lipinski definition) is 2. The van der Waals surface area contributed by atoms with E-state index in [9.17, 15) is 9.59 Å².